The molecule has 0 aliphatic carbocycles. The Morgan fingerprint density at radius 2 is 1.50 bits per heavy atom. The molecule has 0 N–H and O–H groups in total. The smallest absolute Gasteiger partial charge is 0.239 e. The summed E-state index contributed by atoms with van der Waals surface area (Å²) in [5.74, 6) is 1.94. The molecule has 4 heteroatoms. The second-order valence-corrected chi connectivity index (χ2v) is 8.80. The van der Waals surface area contributed by atoms with Gasteiger partial charge in [0.2, 0.25) is 5.91 Å². The molecule has 0 unspecified atom stereocenters. The lowest BCUT2D eigenvalue weighted by molar-refractivity contribution is -0.138. The molecule has 0 bridgehead atoms. The number of ether oxygens (including phenoxy) is 1. The normalized spacial score (nSPS) is 20.1. The third-order valence-corrected chi connectivity index (χ3v) is 6.72. The maximum Gasteiger partial charge on any atom is 0.239 e. The van der Waals surface area contributed by atoms with Gasteiger partial charge in [0.15, 0.2) is 0 Å². The number of likely N-dealkylation sites (tertiary alicyclic amines) is 2. The number of carbonyl (C=O) groups excluding carboxylic acids is 1. The first kappa shape index (κ1) is 20.9. The van der Waals surface area contributed by atoms with E-state index in [1.165, 1.54) is 5.56 Å². The molecule has 1 amide bonds. The Hall–Kier alpha value is -2.33. The standard InChI is InChI=1S/C26H34N2O2/c1-21(27-18-14-25(15-19-27)30-24-10-6-3-7-11-24)26(29)28-16-12-23(13-17-28)20-22-8-4-2-5-9-22/h2-11,21,23,25H,12-20H2,1H3/t21-/m0/s1. The molecule has 0 saturated carbocycles. The Bertz CT molecular complexity index is 779. The number of hydrogen-bond acceptors (Lipinski definition) is 3. The average Bonchev–Trinajstić information content (AvgIpc) is 2.80. The zero-order valence-electron chi connectivity index (χ0n) is 18.1. The van der Waals surface area contributed by atoms with Crippen molar-refractivity contribution in [2.45, 2.75) is 51.2 Å². The molecular formula is C26H34N2O2. The number of rotatable bonds is 6. The van der Waals surface area contributed by atoms with Gasteiger partial charge in [-0.15, -0.1) is 0 Å². The summed E-state index contributed by atoms with van der Waals surface area (Å²) in [4.78, 5) is 17.5. The monoisotopic (exact) mass is 406 g/mol. The van der Waals surface area contributed by atoms with Crippen LogP contribution in [0.25, 0.3) is 0 Å². The molecule has 1 atom stereocenters. The number of carbonyl (C=O) groups is 1. The van der Waals surface area contributed by atoms with Crippen LogP contribution in [0.2, 0.25) is 0 Å². The highest BCUT2D eigenvalue weighted by atomic mass is 16.5. The van der Waals surface area contributed by atoms with Gasteiger partial charge in [-0.25, -0.2) is 0 Å². The highest BCUT2D eigenvalue weighted by molar-refractivity contribution is 5.81. The maximum atomic E-state index is 13.1. The molecule has 4 nitrogen and oxygen atoms in total. The second-order valence-electron chi connectivity index (χ2n) is 8.80. The van der Waals surface area contributed by atoms with Gasteiger partial charge < -0.3 is 9.64 Å². The first-order valence-corrected chi connectivity index (χ1v) is 11.5. The lowest BCUT2D eigenvalue weighted by Crippen LogP contribution is -2.52. The molecule has 2 fully saturated rings. The molecule has 2 heterocycles. The van der Waals surface area contributed by atoms with Crippen molar-refractivity contribution >= 4 is 5.91 Å². The molecule has 2 aliphatic heterocycles. The van der Waals surface area contributed by atoms with E-state index >= 15 is 0 Å². The number of amides is 1. The van der Waals surface area contributed by atoms with Crippen LogP contribution in [0, 0.1) is 5.92 Å². The topological polar surface area (TPSA) is 32.8 Å². The minimum absolute atomic E-state index is 0.0339. The van der Waals surface area contributed by atoms with Crippen molar-refractivity contribution in [3.05, 3.63) is 66.2 Å². The number of nitrogens with zero attached hydrogens (tertiary/aromatic N) is 2. The number of piperidine rings is 2. The molecule has 0 radical (unpaired) electrons. The third kappa shape index (κ3) is 5.42. The van der Waals surface area contributed by atoms with Crippen molar-refractivity contribution in [2.24, 2.45) is 5.92 Å². The molecule has 160 valence electrons. The van der Waals surface area contributed by atoms with Crippen molar-refractivity contribution in [3.63, 3.8) is 0 Å². The Morgan fingerprint density at radius 1 is 0.900 bits per heavy atom. The molecule has 2 aromatic carbocycles. The summed E-state index contributed by atoms with van der Waals surface area (Å²) in [6.45, 7) is 5.73. The van der Waals surface area contributed by atoms with Gasteiger partial charge in [-0.3, -0.25) is 9.69 Å². The summed E-state index contributed by atoms with van der Waals surface area (Å²) in [6.07, 6.45) is 5.56. The van der Waals surface area contributed by atoms with E-state index in [2.05, 4.69) is 47.1 Å². The predicted octanol–water partition coefficient (Wildman–Crippen LogP) is 4.40. The molecule has 0 spiro atoms. The van der Waals surface area contributed by atoms with E-state index in [0.717, 1.165) is 64.0 Å². The zero-order valence-corrected chi connectivity index (χ0v) is 18.1. The SMILES string of the molecule is C[C@@H](C(=O)N1CCC(Cc2ccccc2)CC1)N1CCC(Oc2ccccc2)CC1. The summed E-state index contributed by atoms with van der Waals surface area (Å²) in [5, 5.41) is 0. The van der Waals surface area contributed by atoms with Gasteiger partial charge >= 0.3 is 0 Å². The zero-order chi connectivity index (χ0) is 20.8. The van der Waals surface area contributed by atoms with E-state index in [1.54, 1.807) is 0 Å². The lowest BCUT2D eigenvalue weighted by atomic mass is 9.90. The van der Waals surface area contributed by atoms with Crippen LogP contribution in [0.4, 0.5) is 0 Å². The molecule has 4 rings (SSSR count). The summed E-state index contributed by atoms with van der Waals surface area (Å²) < 4.78 is 6.10. The van der Waals surface area contributed by atoms with Crippen LogP contribution >= 0.6 is 0 Å². The number of para-hydroxylation sites is 1. The van der Waals surface area contributed by atoms with Crippen molar-refractivity contribution in [3.8, 4) is 5.75 Å². The van der Waals surface area contributed by atoms with Crippen LogP contribution in [0.5, 0.6) is 5.75 Å². The van der Waals surface area contributed by atoms with E-state index in [-0.39, 0.29) is 12.1 Å². The quantitative estimate of drug-likeness (QED) is 0.713. The van der Waals surface area contributed by atoms with Gasteiger partial charge in [0.05, 0.1) is 6.04 Å². The lowest BCUT2D eigenvalue weighted by Gasteiger charge is -2.39. The van der Waals surface area contributed by atoms with Crippen molar-refractivity contribution in [1.29, 1.82) is 0 Å². The minimum Gasteiger partial charge on any atom is -0.490 e. The largest absolute Gasteiger partial charge is 0.490 e. The second kappa shape index (κ2) is 10.1. The Balaban J connectivity index is 1.21. The Morgan fingerprint density at radius 3 is 2.13 bits per heavy atom. The third-order valence-electron chi connectivity index (χ3n) is 6.72. The molecular weight excluding hydrogens is 372 g/mol. The summed E-state index contributed by atoms with van der Waals surface area (Å²) in [6, 6.07) is 20.7. The summed E-state index contributed by atoms with van der Waals surface area (Å²) in [7, 11) is 0. The predicted molar refractivity (Wildman–Crippen MR) is 121 cm³/mol. The molecule has 30 heavy (non-hydrogen) atoms. The van der Waals surface area contributed by atoms with Gasteiger partial charge in [0.1, 0.15) is 11.9 Å². The highest BCUT2D eigenvalue weighted by Gasteiger charge is 2.31. The van der Waals surface area contributed by atoms with Gasteiger partial charge in [-0.1, -0.05) is 48.5 Å². The van der Waals surface area contributed by atoms with Gasteiger partial charge in [0, 0.05) is 26.2 Å². The first-order valence-electron chi connectivity index (χ1n) is 11.5. The number of benzene rings is 2. The number of hydrogen-bond donors (Lipinski definition) is 0. The van der Waals surface area contributed by atoms with Gasteiger partial charge in [-0.05, 0) is 62.6 Å². The van der Waals surface area contributed by atoms with E-state index in [4.69, 9.17) is 4.74 Å². The van der Waals surface area contributed by atoms with E-state index in [0.29, 0.717) is 11.8 Å². The van der Waals surface area contributed by atoms with E-state index in [9.17, 15) is 4.79 Å². The fourth-order valence-electron chi connectivity index (χ4n) is 4.80. The van der Waals surface area contributed by atoms with Crippen LogP contribution in [0.1, 0.15) is 38.2 Å². The van der Waals surface area contributed by atoms with Crippen molar-refractivity contribution in [1.82, 2.24) is 9.80 Å². The van der Waals surface area contributed by atoms with Gasteiger partial charge in [-0.2, -0.15) is 0 Å². The van der Waals surface area contributed by atoms with Crippen LogP contribution in [0.15, 0.2) is 60.7 Å². The fourth-order valence-corrected chi connectivity index (χ4v) is 4.80. The Kier molecular flexibility index (Phi) is 7.06. The minimum atomic E-state index is -0.0339. The van der Waals surface area contributed by atoms with E-state index < -0.39 is 0 Å². The van der Waals surface area contributed by atoms with Crippen LogP contribution in [-0.2, 0) is 11.2 Å². The fraction of sp³-hybridized carbons (Fsp3) is 0.500. The van der Waals surface area contributed by atoms with Crippen molar-refractivity contribution in [2.75, 3.05) is 26.2 Å². The van der Waals surface area contributed by atoms with Crippen molar-refractivity contribution < 1.29 is 9.53 Å². The van der Waals surface area contributed by atoms with Gasteiger partial charge in [0.25, 0.3) is 0 Å². The van der Waals surface area contributed by atoms with E-state index in [1.807, 2.05) is 30.3 Å². The van der Waals surface area contributed by atoms with Crippen LogP contribution in [-0.4, -0.2) is 54.0 Å². The molecule has 2 saturated heterocycles. The average molecular weight is 407 g/mol. The molecule has 2 aromatic rings. The summed E-state index contributed by atoms with van der Waals surface area (Å²) in [5.41, 5.74) is 1.41. The first-order chi connectivity index (χ1) is 14.7. The molecule has 0 aromatic heterocycles. The summed E-state index contributed by atoms with van der Waals surface area (Å²) >= 11 is 0. The molecule has 2 aliphatic rings. The Labute approximate surface area is 180 Å². The van der Waals surface area contributed by atoms with Crippen LogP contribution in [0.3, 0.4) is 0 Å². The highest BCUT2D eigenvalue weighted by Crippen LogP contribution is 2.24. The van der Waals surface area contributed by atoms with Crippen LogP contribution < -0.4 is 4.74 Å². The maximum absolute atomic E-state index is 13.1.